The fourth-order valence-corrected chi connectivity index (χ4v) is 5.17. The van der Waals surface area contributed by atoms with Crippen LogP contribution in [0.5, 0.6) is 5.75 Å². The number of imide groups is 1. The number of aromatic nitrogens is 1. The molecule has 2 aromatic heterocycles. The molecule has 1 aliphatic heterocycles. The Morgan fingerprint density at radius 3 is 2.73 bits per heavy atom. The van der Waals surface area contributed by atoms with Gasteiger partial charge in [-0.1, -0.05) is 34.1 Å². The lowest BCUT2D eigenvalue weighted by atomic mass is 10.1. The first-order valence-electron chi connectivity index (χ1n) is 11.5. The molecule has 1 aliphatic rings. The zero-order chi connectivity index (χ0) is 25.8. The average molecular weight is 580 g/mol. The molecular formula is C27H22BrN3O5S. The van der Waals surface area contributed by atoms with Crippen LogP contribution in [0.3, 0.4) is 0 Å². The molecule has 0 bridgehead atoms. The first kappa shape index (κ1) is 24.9. The van der Waals surface area contributed by atoms with Crippen molar-refractivity contribution in [1.82, 2.24) is 14.8 Å². The molecule has 10 heteroatoms. The molecule has 0 spiro atoms. The second kappa shape index (κ2) is 11.1. The number of amides is 3. The zero-order valence-corrected chi connectivity index (χ0v) is 22.0. The maximum atomic E-state index is 13.0. The molecule has 3 amide bonds. The van der Waals surface area contributed by atoms with Gasteiger partial charge in [-0.05, 0) is 60.3 Å². The van der Waals surface area contributed by atoms with Crippen LogP contribution in [0.25, 0.3) is 17.0 Å². The van der Waals surface area contributed by atoms with Gasteiger partial charge in [0.2, 0.25) is 5.91 Å². The summed E-state index contributed by atoms with van der Waals surface area (Å²) in [5.41, 5.74) is 1.57. The number of benzene rings is 2. The normalized spacial score (nSPS) is 14.6. The van der Waals surface area contributed by atoms with Crippen LogP contribution in [0.1, 0.15) is 11.3 Å². The minimum atomic E-state index is -0.362. The third-order valence-corrected chi connectivity index (χ3v) is 7.12. The van der Waals surface area contributed by atoms with Gasteiger partial charge in [-0.3, -0.25) is 19.3 Å². The Hall–Kier alpha value is -3.76. The van der Waals surface area contributed by atoms with E-state index in [0.29, 0.717) is 23.0 Å². The molecule has 188 valence electrons. The molecule has 1 saturated heterocycles. The van der Waals surface area contributed by atoms with Crippen molar-refractivity contribution < 1.29 is 23.5 Å². The van der Waals surface area contributed by atoms with Crippen molar-refractivity contribution in [1.29, 1.82) is 0 Å². The molecule has 3 heterocycles. The number of furan rings is 1. The Kier molecular flexibility index (Phi) is 7.47. The summed E-state index contributed by atoms with van der Waals surface area (Å²) < 4.78 is 13.6. The smallest absolute Gasteiger partial charge is 0.293 e. The highest BCUT2D eigenvalue weighted by molar-refractivity contribution is 9.10. The van der Waals surface area contributed by atoms with Crippen LogP contribution in [0.4, 0.5) is 4.79 Å². The van der Waals surface area contributed by atoms with E-state index in [9.17, 15) is 14.4 Å². The molecule has 2 aromatic carbocycles. The van der Waals surface area contributed by atoms with E-state index in [1.54, 1.807) is 24.5 Å². The Morgan fingerprint density at radius 1 is 1.11 bits per heavy atom. The van der Waals surface area contributed by atoms with Crippen molar-refractivity contribution in [2.24, 2.45) is 0 Å². The monoisotopic (exact) mass is 579 g/mol. The van der Waals surface area contributed by atoms with Crippen LogP contribution in [-0.4, -0.2) is 39.7 Å². The number of nitrogens with zero attached hydrogens (tertiary/aromatic N) is 2. The lowest BCUT2D eigenvalue weighted by Crippen LogP contribution is -2.32. The van der Waals surface area contributed by atoms with Crippen molar-refractivity contribution in [3.8, 4) is 5.75 Å². The molecule has 5 rings (SSSR count). The Labute approximate surface area is 225 Å². The molecule has 8 nitrogen and oxygen atoms in total. The summed E-state index contributed by atoms with van der Waals surface area (Å²) in [6.45, 7) is 0.740. The van der Waals surface area contributed by atoms with Gasteiger partial charge in [0.15, 0.2) is 0 Å². The summed E-state index contributed by atoms with van der Waals surface area (Å²) >= 11 is 4.39. The van der Waals surface area contributed by atoms with Crippen LogP contribution < -0.4 is 10.1 Å². The predicted molar refractivity (Wildman–Crippen MR) is 145 cm³/mol. The van der Waals surface area contributed by atoms with Crippen molar-refractivity contribution >= 4 is 61.7 Å². The highest BCUT2D eigenvalue weighted by Crippen LogP contribution is 2.34. The Morgan fingerprint density at radius 2 is 1.95 bits per heavy atom. The van der Waals surface area contributed by atoms with Gasteiger partial charge in [0.05, 0.1) is 24.3 Å². The van der Waals surface area contributed by atoms with Crippen molar-refractivity contribution in [2.45, 2.75) is 13.1 Å². The Balaban J connectivity index is 1.32. The zero-order valence-electron chi connectivity index (χ0n) is 19.6. The van der Waals surface area contributed by atoms with E-state index in [0.717, 1.165) is 32.7 Å². The maximum Gasteiger partial charge on any atom is 0.293 e. The van der Waals surface area contributed by atoms with Crippen LogP contribution in [0.2, 0.25) is 0 Å². The van der Waals surface area contributed by atoms with Gasteiger partial charge in [0.25, 0.3) is 11.1 Å². The number of rotatable bonds is 9. The second-order valence-electron chi connectivity index (χ2n) is 8.22. The summed E-state index contributed by atoms with van der Waals surface area (Å²) in [5, 5.41) is 3.36. The first-order valence-corrected chi connectivity index (χ1v) is 13.1. The number of ether oxygens (including phenoxy) is 1. The number of halogens is 1. The van der Waals surface area contributed by atoms with E-state index in [1.165, 1.54) is 4.90 Å². The van der Waals surface area contributed by atoms with Gasteiger partial charge in [-0.2, -0.15) is 0 Å². The predicted octanol–water partition coefficient (Wildman–Crippen LogP) is 5.43. The summed E-state index contributed by atoms with van der Waals surface area (Å²) in [5.74, 6) is 0.803. The minimum absolute atomic E-state index is 0.0883. The molecule has 0 radical (unpaired) electrons. The number of carbonyl (C=O) groups is 3. The molecule has 0 saturated carbocycles. The van der Waals surface area contributed by atoms with E-state index in [2.05, 4.69) is 21.2 Å². The third-order valence-electron chi connectivity index (χ3n) is 5.71. The summed E-state index contributed by atoms with van der Waals surface area (Å²) in [6.07, 6.45) is 5.08. The molecule has 0 atom stereocenters. The number of hydrogen-bond acceptors (Lipinski definition) is 6. The molecular weight excluding hydrogens is 558 g/mol. The minimum Gasteiger partial charge on any atom is -0.492 e. The standard InChI is InChI=1S/C27H22BrN3O5S/c28-19-8-9-23-22(14-19)18(16-30(23)17-25(32)29-15-21-7-4-11-35-21)13-24-26(33)31(27(34)37-24)10-12-36-20-5-2-1-3-6-20/h1-9,11,13-14,16H,10,12,15,17H2,(H,29,32)/b24-13-. The number of carbonyl (C=O) groups excluding carboxylic acids is 3. The van der Waals surface area contributed by atoms with Gasteiger partial charge < -0.3 is 19.0 Å². The molecule has 0 unspecified atom stereocenters. The molecule has 37 heavy (non-hydrogen) atoms. The van der Waals surface area contributed by atoms with Gasteiger partial charge in [-0.15, -0.1) is 0 Å². The summed E-state index contributed by atoms with van der Waals surface area (Å²) in [7, 11) is 0. The molecule has 1 N–H and O–H groups in total. The average Bonchev–Trinajstić information content (AvgIpc) is 3.59. The number of thioether (sulfide) groups is 1. The largest absolute Gasteiger partial charge is 0.492 e. The Bertz CT molecular complexity index is 1480. The van der Waals surface area contributed by atoms with Crippen LogP contribution in [0.15, 0.2) is 86.9 Å². The number of nitrogens with one attached hydrogen (secondary N) is 1. The molecule has 1 fully saturated rings. The lowest BCUT2D eigenvalue weighted by Gasteiger charge is -2.13. The second-order valence-corrected chi connectivity index (χ2v) is 10.1. The van der Waals surface area contributed by atoms with E-state index in [4.69, 9.17) is 9.15 Å². The van der Waals surface area contributed by atoms with Gasteiger partial charge in [0, 0.05) is 27.1 Å². The van der Waals surface area contributed by atoms with Crippen molar-refractivity contribution in [3.05, 3.63) is 93.8 Å². The lowest BCUT2D eigenvalue weighted by molar-refractivity contribution is -0.123. The quantitative estimate of drug-likeness (QED) is 0.266. The van der Waals surface area contributed by atoms with Crippen LogP contribution in [0, 0.1) is 0 Å². The SMILES string of the molecule is O=C(Cn1cc(/C=C2\SC(=O)N(CCOc3ccccc3)C2=O)c2cc(Br)ccc21)NCc1ccco1. The topological polar surface area (TPSA) is 93.8 Å². The molecule has 4 aromatic rings. The van der Waals surface area contributed by atoms with E-state index in [-0.39, 0.29) is 36.7 Å². The van der Waals surface area contributed by atoms with E-state index in [1.807, 2.05) is 59.3 Å². The van der Waals surface area contributed by atoms with Crippen molar-refractivity contribution in [3.63, 3.8) is 0 Å². The molecule has 0 aliphatic carbocycles. The number of hydrogen-bond donors (Lipinski definition) is 1. The fourth-order valence-electron chi connectivity index (χ4n) is 3.96. The van der Waals surface area contributed by atoms with E-state index < -0.39 is 0 Å². The van der Waals surface area contributed by atoms with Crippen LogP contribution >= 0.6 is 27.7 Å². The van der Waals surface area contributed by atoms with Gasteiger partial charge in [-0.25, -0.2) is 0 Å². The first-order chi connectivity index (χ1) is 18.0. The van der Waals surface area contributed by atoms with Crippen molar-refractivity contribution in [2.75, 3.05) is 13.2 Å². The highest BCUT2D eigenvalue weighted by Gasteiger charge is 2.35. The van der Waals surface area contributed by atoms with Gasteiger partial charge >= 0.3 is 0 Å². The fraction of sp³-hybridized carbons (Fsp3) is 0.148. The number of para-hydroxylation sites is 1. The van der Waals surface area contributed by atoms with Gasteiger partial charge in [0.1, 0.15) is 24.7 Å². The van der Waals surface area contributed by atoms with Crippen LogP contribution in [-0.2, 0) is 22.7 Å². The number of fused-ring (bicyclic) bond motifs is 1. The third kappa shape index (κ3) is 5.81. The summed E-state index contributed by atoms with van der Waals surface area (Å²) in [4.78, 5) is 39.7. The summed E-state index contributed by atoms with van der Waals surface area (Å²) in [6, 6.07) is 18.5. The maximum absolute atomic E-state index is 13.0. The van der Waals surface area contributed by atoms with E-state index >= 15 is 0 Å². The highest BCUT2D eigenvalue weighted by atomic mass is 79.9.